The number of nitrogens with one attached hydrogen (secondary N) is 1. The molecule has 2 aromatic rings. The second kappa shape index (κ2) is 7.94. The molecule has 0 amide bonds. The zero-order valence-corrected chi connectivity index (χ0v) is 14.5. The number of hydrogen-bond donors (Lipinski definition) is 1. The lowest BCUT2D eigenvalue weighted by Gasteiger charge is -2.23. The second-order valence-electron chi connectivity index (χ2n) is 6.37. The summed E-state index contributed by atoms with van der Waals surface area (Å²) in [5, 5.41) is 7.74. The van der Waals surface area contributed by atoms with Crippen LogP contribution in [0.3, 0.4) is 0 Å². The van der Waals surface area contributed by atoms with Crippen LogP contribution in [0.15, 0.2) is 36.9 Å². The molecule has 2 atom stereocenters. The number of nitrogens with zero attached hydrogens (tertiary/aromatic N) is 4. The molecule has 142 valence electrons. The summed E-state index contributed by atoms with van der Waals surface area (Å²) in [5.74, 6) is -0.191. The van der Waals surface area contributed by atoms with Crippen LogP contribution >= 0.6 is 0 Å². The predicted octanol–water partition coefficient (Wildman–Crippen LogP) is 2.82. The van der Waals surface area contributed by atoms with Gasteiger partial charge in [0.2, 0.25) is 0 Å². The Kier molecular flexibility index (Phi) is 5.65. The van der Waals surface area contributed by atoms with Gasteiger partial charge in [-0.1, -0.05) is 13.0 Å². The molecule has 1 aliphatic heterocycles. The highest BCUT2D eigenvalue weighted by Crippen LogP contribution is 2.28. The van der Waals surface area contributed by atoms with Crippen molar-refractivity contribution in [3.63, 3.8) is 0 Å². The summed E-state index contributed by atoms with van der Waals surface area (Å²) in [6.07, 6.45) is 0.407. The molecule has 0 spiro atoms. The fraction of sp³-hybridized carbons (Fsp3) is 0.529. The number of aromatic nitrogens is 3. The Labute approximate surface area is 150 Å². The molecule has 1 fully saturated rings. The Bertz CT molecular complexity index is 692. The molecule has 3 rings (SSSR count). The van der Waals surface area contributed by atoms with E-state index in [1.807, 2.05) is 0 Å². The van der Waals surface area contributed by atoms with E-state index in [0.29, 0.717) is 0 Å². The third kappa shape index (κ3) is 5.10. The summed E-state index contributed by atoms with van der Waals surface area (Å²) in [6.45, 7) is 4.37. The van der Waals surface area contributed by atoms with Gasteiger partial charge in [-0.15, -0.1) is 13.2 Å². The van der Waals surface area contributed by atoms with E-state index in [1.165, 1.54) is 18.5 Å². The van der Waals surface area contributed by atoms with Crippen molar-refractivity contribution in [3.8, 4) is 5.75 Å². The Morgan fingerprint density at radius 3 is 2.92 bits per heavy atom. The number of hydrogen-bond acceptors (Lipinski definition) is 5. The van der Waals surface area contributed by atoms with E-state index < -0.39 is 6.36 Å². The van der Waals surface area contributed by atoms with E-state index >= 15 is 0 Å². The highest BCUT2D eigenvalue weighted by atomic mass is 19.4. The molecule has 1 aliphatic rings. The van der Waals surface area contributed by atoms with Gasteiger partial charge in [-0.25, -0.2) is 4.98 Å². The highest BCUT2D eigenvalue weighted by molar-refractivity contribution is 5.51. The fourth-order valence-electron chi connectivity index (χ4n) is 3.19. The van der Waals surface area contributed by atoms with E-state index in [9.17, 15) is 13.2 Å². The van der Waals surface area contributed by atoms with Crippen molar-refractivity contribution in [2.75, 3.05) is 18.0 Å². The molecular formula is C17H22F3N5O. The topological polar surface area (TPSA) is 55.2 Å². The van der Waals surface area contributed by atoms with Gasteiger partial charge < -0.3 is 15.0 Å². The maximum absolute atomic E-state index is 12.4. The van der Waals surface area contributed by atoms with Crippen LogP contribution in [-0.4, -0.2) is 46.3 Å². The summed E-state index contributed by atoms with van der Waals surface area (Å²) in [5.41, 5.74) is 0.736. The SMILES string of the molecule is CC[C@@H](Cn1cncn1)N[C@@H]1CCN(c2cccc(OC(F)(F)F)c2)C1. The largest absolute Gasteiger partial charge is 0.573 e. The van der Waals surface area contributed by atoms with Crippen molar-refractivity contribution in [2.24, 2.45) is 0 Å². The normalized spacial score (nSPS) is 18.9. The van der Waals surface area contributed by atoms with Crippen molar-refractivity contribution in [1.82, 2.24) is 20.1 Å². The van der Waals surface area contributed by atoms with E-state index in [-0.39, 0.29) is 17.8 Å². The van der Waals surface area contributed by atoms with E-state index in [2.05, 4.69) is 32.0 Å². The summed E-state index contributed by atoms with van der Waals surface area (Å²) < 4.78 is 43.0. The van der Waals surface area contributed by atoms with Crippen molar-refractivity contribution in [1.29, 1.82) is 0 Å². The third-order valence-corrected chi connectivity index (χ3v) is 4.44. The Morgan fingerprint density at radius 2 is 2.23 bits per heavy atom. The first-order valence-corrected chi connectivity index (χ1v) is 8.62. The van der Waals surface area contributed by atoms with Crippen molar-refractivity contribution >= 4 is 5.69 Å². The maximum atomic E-state index is 12.4. The monoisotopic (exact) mass is 369 g/mol. The van der Waals surface area contributed by atoms with Crippen molar-refractivity contribution in [2.45, 2.75) is 44.8 Å². The van der Waals surface area contributed by atoms with Crippen LogP contribution in [0, 0.1) is 0 Å². The van der Waals surface area contributed by atoms with Crippen LogP contribution in [0.4, 0.5) is 18.9 Å². The van der Waals surface area contributed by atoms with E-state index in [4.69, 9.17) is 0 Å². The number of rotatable bonds is 7. The Balaban J connectivity index is 1.57. The molecule has 1 aromatic heterocycles. The van der Waals surface area contributed by atoms with Crippen molar-refractivity contribution < 1.29 is 17.9 Å². The Hall–Kier alpha value is -2.29. The molecule has 0 bridgehead atoms. The maximum Gasteiger partial charge on any atom is 0.573 e. The quantitative estimate of drug-likeness (QED) is 0.813. The van der Waals surface area contributed by atoms with Gasteiger partial charge in [-0.2, -0.15) is 5.10 Å². The van der Waals surface area contributed by atoms with Gasteiger partial charge in [0.25, 0.3) is 0 Å². The number of alkyl halides is 3. The van der Waals surface area contributed by atoms with Crippen LogP contribution < -0.4 is 15.0 Å². The zero-order chi connectivity index (χ0) is 18.6. The summed E-state index contributed by atoms with van der Waals surface area (Å²) in [7, 11) is 0. The molecule has 2 heterocycles. The van der Waals surface area contributed by atoms with Crippen LogP contribution in [0.25, 0.3) is 0 Å². The molecule has 0 unspecified atom stereocenters. The first-order chi connectivity index (χ1) is 12.4. The smallest absolute Gasteiger partial charge is 0.406 e. The minimum absolute atomic E-state index is 0.191. The molecule has 6 nitrogen and oxygen atoms in total. The Morgan fingerprint density at radius 1 is 1.38 bits per heavy atom. The number of halogens is 3. The standard InChI is InChI=1S/C17H22F3N5O/c1-2-13(10-25-12-21-11-22-25)23-14-6-7-24(9-14)15-4-3-5-16(8-15)26-17(18,19)20/h3-5,8,11-14,23H,2,6-7,9-10H2,1H3/t13-,14+/m0/s1. The molecule has 0 saturated carbocycles. The third-order valence-electron chi connectivity index (χ3n) is 4.44. The molecular weight excluding hydrogens is 347 g/mol. The van der Waals surface area contributed by atoms with Gasteiger partial charge in [0.05, 0.1) is 6.54 Å². The van der Waals surface area contributed by atoms with Crippen LogP contribution in [-0.2, 0) is 6.54 Å². The summed E-state index contributed by atoms with van der Waals surface area (Å²) >= 11 is 0. The summed E-state index contributed by atoms with van der Waals surface area (Å²) in [4.78, 5) is 6.02. The first-order valence-electron chi connectivity index (χ1n) is 8.62. The summed E-state index contributed by atoms with van der Waals surface area (Å²) in [6, 6.07) is 6.67. The lowest BCUT2D eigenvalue weighted by molar-refractivity contribution is -0.274. The molecule has 1 N–H and O–H groups in total. The van der Waals surface area contributed by atoms with Gasteiger partial charge in [-0.3, -0.25) is 4.68 Å². The second-order valence-corrected chi connectivity index (χ2v) is 6.37. The molecule has 0 radical (unpaired) electrons. The average molecular weight is 369 g/mol. The predicted molar refractivity (Wildman–Crippen MR) is 91.0 cm³/mol. The molecule has 9 heteroatoms. The van der Waals surface area contributed by atoms with Crippen molar-refractivity contribution in [3.05, 3.63) is 36.9 Å². The minimum atomic E-state index is -4.68. The minimum Gasteiger partial charge on any atom is -0.406 e. The highest BCUT2D eigenvalue weighted by Gasteiger charge is 2.31. The van der Waals surface area contributed by atoms with Crippen LogP contribution in [0.2, 0.25) is 0 Å². The molecule has 0 aliphatic carbocycles. The van der Waals surface area contributed by atoms with Gasteiger partial charge >= 0.3 is 6.36 Å². The van der Waals surface area contributed by atoms with Gasteiger partial charge in [-0.05, 0) is 25.0 Å². The number of ether oxygens (including phenoxy) is 1. The van der Waals surface area contributed by atoms with E-state index in [1.54, 1.807) is 23.1 Å². The number of anilines is 1. The average Bonchev–Trinajstić information content (AvgIpc) is 3.25. The lowest BCUT2D eigenvalue weighted by atomic mass is 10.1. The molecule has 1 saturated heterocycles. The molecule has 1 aromatic carbocycles. The van der Waals surface area contributed by atoms with E-state index in [0.717, 1.165) is 38.2 Å². The molecule has 26 heavy (non-hydrogen) atoms. The van der Waals surface area contributed by atoms with Crippen LogP contribution in [0.5, 0.6) is 5.75 Å². The van der Waals surface area contributed by atoms with Gasteiger partial charge in [0.15, 0.2) is 0 Å². The first kappa shape index (κ1) is 18.5. The lowest BCUT2D eigenvalue weighted by Crippen LogP contribution is -2.42. The zero-order valence-electron chi connectivity index (χ0n) is 14.5. The van der Waals surface area contributed by atoms with Gasteiger partial charge in [0, 0.05) is 36.9 Å². The van der Waals surface area contributed by atoms with Gasteiger partial charge in [0.1, 0.15) is 18.4 Å². The fourth-order valence-corrected chi connectivity index (χ4v) is 3.19. The van der Waals surface area contributed by atoms with Crippen LogP contribution in [0.1, 0.15) is 19.8 Å². The number of benzene rings is 1.